The van der Waals surface area contributed by atoms with Crippen molar-refractivity contribution in [1.29, 1.82) is 0 Å². The summed E-state index contributed by atoms with van der Waals surface area (Å²) in [4.78, 5) is 11.8. The number of carbonyl (C=O) groups excluding carboxylic acids is 1. The molecule has 1 aliphatic rings. The number of ether oxygens (including phenoxy) is 1. The molecule has 1 aromatic rings. The number of carbonyl (C=O) groups is 1. The van der Waals surface area contributed by atoms with Crippen LogP contribution in [0.3, 0.4) is 0 Å². The van der Waals surface area contributed by atoms with Crippen LogP contribution in [0, 0.1) is 6.92 Å². The number of methoxy groups -OCH3 is 1. The van der Waals surface area contributed by atoms with Gasteiger partial charge < -0.3 is 9.75 Å². The van der Waals surface area contributed by atoms with Crippen LogP contribution in [0.25, 0.3) is 0 Å². The summed E-state index contributed by atoms with van der Waals surface area (Å²) < 4.78 is 4.83. The van der Waals surface area contributed by atoms with Gasteiger partial charge in [-0.1, -0.05) is 18.9 Å². The first kappa shape index (κ1) is 13.9. The zero-order valence-corrected chi connectivity index (χ0v) is 11.9. The van der Waals surface area contributed by atoms with E-state index in [0.29, 0.717) is 11.6 Å². The molecule has 0 amide bonds. The summed E-state index contributed by atoms with van der Waals surface area (Å²) >= 11 is 0. The third-order valence-electron chi connectivity index (χ3n) is 3.90. The van der Waals surface area contributed by atoms with Gasteiger partial charge in [-0.3, -0.25) is 0 Å². The number of benzene rings is 1. The van der Waals surface area contributed by atoms with Crippen LogP contribution in [0.2, 0.25) is 0 Å². The first-order chi connectivity index (χ1) is 9.19. The number of hydrazine groups is 1. The normalized spacial score (nSPS) is 15.5. The van der Waals surface area contributed by atoms with Gasteiger partial charge in [0.15, 0.2) is 0 Å². The van der Waals surface area contributed by atoms with Gasteiger partial charge in [-0.25, -0.2) is 10.2 Å². The van der Waals surface area contributed by atoms with E-state index < -0.39 is 0 Å². The van der Waals surface area contributed by atoms with Gasteiger partial charge in [0.25, 0.3) is 0 Å². The van der Waals surface area contributed by atoms with Crippen LogP contribution in [-0.2, 0) is 4.74 Å². The second-order valence-corrected chi connectivity index (χ2v) is 4.97. The molecule has 1 N–H and O–H groups in total. The molecule has 0 bridgehead atoms. The number of nitrogens with zero attached hydrogens (tertiary/aromatic N) is 1. The molecule has 2 rings (SSSR count). The van der Waals surface area contributed by atoms with E-state index in [-0.39, 0.29) is 5.97 Å². The van der Waals surface area contributed by atoms with E-state index >= 15 is 0 Å². The van der Waals surface area contributed by atoms with Crippen LogP contribution in [0.15, 0.2) is 18.2 Å². The summed E-state index contributed by atoms with van der Waals surface area (Å²) in [6.45, 7) is 1.97. The van der Waals surface area contributed by atoms with Gasteiger partial charge in [0, 0.05) is 13.1 Å². The molecule has 0 atom stereocenters. The Morgan fingerprint density at radius 3 is 2.63 bits per heavy atom. The zero-order chi connectivity index (χ0) is 13.8. The molecule has 0 aromatic heterocycles. The standard InChI is InChI=1S/C15H22N2O2/c1-11-13(15(18)19-3)9-6-10-14(11)17(16-2)12-7-4-5-8-12/h6,9-10,12,16H,4-5,7-8H2,1-3H3. The van der Waals surface area contributed by atoms with Gasteiger partial charge >= 0.3 is 5.97 Å². The Labute approximate surface area is 114 Å². The Hall–Kier alpha value is -1.55. The molecule has 1 aromatic carbocycles. The number of nitrogens with one attached hydrogen (secondary N) is 1. The Kier molecular flexibility index (Phi) is 4.43. The van der Waals surface area contributed by atoms with Gasteiger partial charge in [0.05, 0.1) is 18.4 Å². The average molecular weight is 262 g/mol. The topological polar surface area (TPSA) is 41.6 Å². The number of rotatable bonds is 4. The van der Waals surface area contributed by atoms with E-state index in [0.717, 1.165) is 11.3 Å². The Morgan fingerprint density at radius 2 is 2.05 bits per heavy atom. The molecule has 19 heavy (non-hydrogen) atoms. The van der Waals surface area contributed by atoms with Crippen molar-refractivity contribution in [2.75, 3.05) is 19.2 Å². The van der Waals surface area contributed by atoms with E-state index in [9.17, 15) is 4.79 Å². The minimum atomic E-state index is -0.276. The fourth-order valence-corrected chi connectivity index (χ4v) is 2.88. The fourth-order valence-electron chi connectivity index (χ4n) is 2.88. The number of esters is 1. The molecule has 1 aliphatic carbocycles. The van der Waals surface area contributed by atoms with Crippen LogP contribution in [0.5, 0.6) is 0 Å². The maximum Gasteiger partial charge on any atom is 0.338 e. The van der Waals surface area contributed by atoms with Crippen LogP contribution < -0.4 is 10.4 Å². The van der Waals surface area contributed by atoms with Gasteiger partial charge in [-0.15, -0.1) is 0 Å². The minimum Gasteiger partial charge on any atom is -0.465 e. The molecule has 1 fully saturated rings. The zero-order valence-electron chi connectivity index (χ0n) is 11.9. The van der Waals surface area contributed by atoms with Gasteiger partial charge in [0.2, 0.25) is 0 Å². The summed E-state index contributed by atoms with van der Waals surface area (Å²) in [6, 6.07) is 6.29. The molecule has 104 valence electrons. The van der Waals surface area contributed by atoms with Crippen molar-refractivity contribution < 1.29 is 9.53 Å². The predicted octanol–water partition coefficient (Wildman–Crippen LogP) is 2.67. The highest BCUT2D eigenvalue weighted by Crippen LogP contribution is 2.30. The van der Waals surface area contributed by atoms with Crippen molar-refractivity contribution in [3.8, 4) is 0 Å². The lowest BCUT2D eigenvalue weighted by atomic mass is 10.1. The quantitative estimate of drug-likeness (QED) is 0.669. The van der Waals surface area contributed by atoms with Crippen molar-refractivity contribution in [2.45, 2.75) is 38.6 Å². The van der Waals surface area contributed by atoms with Crippen molar-refractivity contribution in [2.24, 2.45) is 0 Å². The van der Waals surface area contributed by atoms with Gasteiger partial charge in [-0.2, -0.15) is 0 Å². The third-order valence-corrected chi connectivity index (χ3v) is 3.90. The second-order valence-electron chi connectivity index (χ2n) is 4.97. The predicted molar refractivity (Wildman–Crippen MR) is 76.3 cm³/mol. The molecule has 0 radical (unpaired) electrons. The molecule has 4 heteroatoms. The smallest absolute Gasteiger partial charge is 0.338 e. The van der Waals surface area contributed by atoms with E-state index in [4.69, 9.17) is 4.74 Å². The second kappa shape index (κ2) is 6.06. The fraction of sp³-hybridized carbons (Fsp3) is 0.533. The molecule has 0 aliphatic heterocycles. The first-order valence-corrected chi connectivity index (χ1v) is 6.83. The molecule has 0 heterocycles. The Bertz CT molecular complexity index is 453. The molecule has 0 spiro atoms. The maximum atomic E-state index is 11.8. The Balaban J connectivity index is 2.34. The van der Waals surface area contributed by atoms with Gasteiger partial charge in [-0.05, 0) is 37.5 Å². The lowest BCUT2D eigenvalue weighted by Crippen LogP contribution is -2.43. The maximum absolute atomic E-state index is 11.8. The molecule has 0 saturated heterocycles. The lowest BCUT2D eigenvalue weighted by molar-refractivity contribution is 0.0600. The summed E-state index contributed by atoms with van der Waals surface area (Å²) in [5, 5.41) is 2.19. The number of hydrogen-bond donors (Lipinski definition) is 1. The molecule has 4 nitrogen and oxygen atoms in total. The molecular formula is C15H22N2O2. The van der Waals surface area contributed by atoms with Crippen LogP contribution in [0.1, 0.15) is 41.6 Å². The summed E-state index contributed by atoms with van der Waals surface area (Å²) in [5.41, 5.74) is 5.94. The first-order valence-electron chi connectivity index (χ1n) is 6.83. The van der Waals surface area contributed by atoms with Gasteiger partial charge in [0.1, 0.15) is 0 Å². The molecule has 0 unspecified atom stereocenters. The third kappa shape index (κ3) is 2.73. The van der Waals surface area contributed by atoms with Crippen molar-refractivity contribution >= 4 is 11.7 Å². The largest absolute Gasteiger partial charge is 0.465 e. The SMILES string of the molecule is CNN(c1cccc(C(=O)OC)c1C)C1CCCC1. The minimum absolute atomic E-state index is 0.276. The van der Waals surface area contributed by atoms with Crippen molar-refractivity contribution in [3.63, 3.8) is 0 Å². The number of hydrogen-bond acceptors (Lipinski definition) is 4. The summed E-state index contributed by atoms with van der Waals surface area (Å²) in [5.74, 6) is -0.276. The highest BCUT2D eigenvalue weighted by atomic mass is 16.5. The van der Waals surface area contributed by atoms with E-state index in [1.54, 1.807) is 0 Å². The monoisotopic (exact) mass is 262 g/mol. The molecular weight excluding hydrogens is 240 g/mol. The highest BCUT2D eigenvalue weighted by molar-refractivity contribution is 5.92. The Morgan fingerprint density at radius 1 is 1.37 bits per heavy atom. The van der Waals surface area contributed by atoms with Crippen molar-refractivity contribution in [1.82, 2.24) is 5.43 Å². The lowest BCUT2D eigenvalue weighted by Gasteiger charge is -2.31. The van der Waals surface area contributed by atoms with Crippen LogP contribution in [0.4, 0.5) is 5.69 Å². The van der Waals surface area contributed by atoms with E-state index in [1.807, 2.05) is 26.1 Å². The summed E-state index contributed by atoms with van der Waals surface area (Å²) in [6.07, 6.45) is 4.95. The van der Waals surface area contributed by atoms with Crippen molar-refractivity contribution in [3.05, 3.63) is 29.3 Å². The van der Waals surface area contributed by atoms with E-state index in [2.05, 4.69) is 16.5 Å². The number of anilines is 1. The van der Waals surface area contributed by atoms with E-state index in [1.165, 1.54) is 32.8 Å². The molecule has 1 saturated carbocycles. The van der Waals surface area contributed by atoms with Crippen LogP contribution >= 0.6 is 0 Å². The average Bonchev–Trinajstić information content (AvgIpc) is 2.94. The highest BCUT2D eigenvalue weighted by Gasteiger charge is 2.24. The van der Waals surface area contributed by atoms with Crippen LogP contribution in [-0.4, -0.2) is 26.2 Å². The summed E-state index contributed by atoms with van der Waals surface area (Å²) in [7, 11) is 3.35.